The molecular weight excluding hydrogens is 476 g/mol. The van der Waals surface area contributed by atoms with E-state index in [1.807, 2.05) is 24.3 Å². The van der Waals surface area contributed by atoms with Gasteiger partial charge in [0.05, 0.1) is 17.4 Å². The van der Waals surface area contributed by atoms with Gasteiger partial charge in [-0.3, -0.25) is 0 Å². The lowest BCUT2D eigenvalue weighted by Crippen LogP contribution is -2.50. The molecule has 7 atom stereocenters. The molecule has 4 aliphatic carbocycles. The average Bonchev–Trinajstić information content (AvgIpc) is 3.39. The second kappa shape index (κ2) is 9.06. The standard InChI is InChI=1S/C31H38N4OS/c1-18-4-7-20(8-5-18)34-35-29-27(23(17-32)28(33)37-29)26-11-10-24-22-9-6-19-16-21(36)12-14-30(19,2)25(22)13-15-31(24,26)3/h4-8,21-22,24-26,36H,9-16,33H2,1-3H3/t21-,22-,24-,25-,26+,30-,31-/m0/s1. The summed E-state index contributed by atoms with van der Waals surface area (Å²) in [6.45, 7) is 7.02. The van der Waals surface area contributed by atoms with Gasteiger partial charge in [-0.25, -0.2) is 0 Å². The summed E-state index contributed by atoms with van der Waals surface area (Å²) >= 11 is 1.41. The molecule has 6 heteroatoms. The molecule has 3 fully saturated rings. The molecule has 3 saturated carbocycles. The van der Waals surface area contributed by atoms with Crippen LogP contribution >= 0.6 is 11.3 Å². The Morgan fingerprint density at radius 1 is 1.05 bits per heavy atom. The molecule has 1 aromatic carbocycles. The van der Waals surface area contributed by atoms with Crippen molar-refractivity contribution in [1.29, 1.82) is 5.26 Å². The van der Waals surface area contributed by atoms with Crippen LogP contribution in [-0.2, 0) is 0 Å². The molecule has 4 aliphatic rings. The molecule has 0 unspecified atom stereocenters. The summed E-state index contributed by atoms with van der Waals surface area (Å²) in [5.41, 5.74) is 11.9. The van der Waals surface area contributed by atoms with E-state index in [1.54, 1.807) is 0 Å². The van der Waals surface area contributed by atoms with Crippen molar-refractivity contribution in [3.05, 3.63) is 52.6 Å². The Hall–Kier alpha value is -2.49. The summed E-state index contributed by atoms with van der Waals surface area (Å²) in [5, 5.41) is 31.0. The smallest absolute Gasteiger partial charge is 0.145 e. The highest BCUT2D eigenvalue weighted by atomic mass is 32.1. The van der Waals surface area contributed by atoms with Crippen LogP contribution in [0.4, 0.5) is 15.7 Å². The maximum Gasteiger partial charge on any atom is 0.145 e. The zero-order valence-electron chi connectivity index (χ0n) is 22.2. The summed E-state index contributed by atoms with van der Waals surface area (Å²) in [6.07, 6.45) is 11.0. The summed E-state index contributed by atoms with van der Waals surface area (Å²) in [6, 6.07) is 10.5. The van der Waals surface area contributed by atoms with Crippen LogP contribution in [0.5, 0.6) is 0 Å². The number of azo groups is 1. The molecule has 5 nitrogen and oxygen atoms in total. The van der Waals surface area contributed by atoms with Crippen LogP contribution in [0.15, 0.2) is 46.1 Å². The summed E-state index contributed by atoms with van der Waals surface area (Å²) in [7, 11) is 0. The zero-order chi connectivity index (χ0) is 25.9. The summed E-state index contributed by atoms with van der Waals surface area (Å²) in [5.74, 6) is 2.28. The van der Waals surface area contributed by atoms with Crippen LogP contribution in [0, 0.1) is 46.8 Å². The maximum atomic E-state index is 10.3. The molecule has 37 heavy (non-hydrogen) atoms. The van der Waals surface area contributed by atoms with Crippen molar-refractivity contribution in [3.8, 4) is 6.07 Å². The van der Waals surface area contributed by atoms with Crippen LogP contribution in [0.1, 0.15) is 87.8 Å². The topological polar surface area (TPSA) is 94.8 Å². The van der Waals surface area contributed by atoms with Gasteiger partial charge < -0.3 is 10.8 Å². The number of aliphatic hydroxyl groups excluding tert-OH is 1. The first-order valence-corrected chi connectivity index (χ1v) is 14.7. The number of nitrogens with two attached hydrogens (primary N) is 1. The number of rotatable bonds is 3. The Kier molecular flexibility index (Phi) is 6.08. The number of anilines is 1. The predicted octanol–water partition coefficient (Wildman–Crippen LogP) is 8.33. The number of nitrogen functional groups attached to an aromatic ring is 1. The Bertz CT molecular complexity index is 1300. The van der Waals surface area contributed by atoms with Crippen molar-refractivity contribution in [2.24, 2.45) is 38.8 Å². The van der Waals surface area contributed by atoms with Crippen molar-refractivity contribution in [2.75, 3.05) is 5.73 Å². The molecule has 0 bridgehead atoms. The molecule has 194 valence electrons. The molecular formula is C31H38N4OS. The predicted molar refractivity (Wildman–Crippen MR) is 149 cm³/mol. The minimum absolute atomic E-state index is 0.129. The second-order valence-corrected chi connectivity index (χ2v) is 13.6. The van der Waals surface area contributed by atoms with E-state index in [9.17, 15) is 10.4 Å². The van der Waals surface area contributed by atoms with Gasteiger partial charge in [-0.1, -0.05) is 54.5 Å². The molecule has 1 heterocycles. The monoisotopic (exact) mass is 514 g/mol. The van der Waals surface area contributed by atoms with E-state index in [1.165, 1.54) is 41.7 Å². The number of nitrogens with zero attached hydrogens (tertiary/aromatic N) is 3. The van der Waals surface area contributed by atoms with Crippen molar-refractivity contribution >= 4 is 27.0 Å². The number of fused-ring (bicyclic) bond motifs is 5. The lowest BCUT2D eigenvalue weighted by atomic mass is 9.47. The van der Waals surface area contributed by atoms with E-state index in [0.29, 0.717) is 28.3 Å². The van der Waals surface area contributed by atoms with Crippen LogP contribution in [0.3, 0.4) is 0 Å². The van der Waals surface area contributed by atoms with Crippen molar-refractivity contribution in [3.63, 3.8) is 0 Å². The van der Waals surface area contributed by atoms with E-state index in [-0.39, 0.29) is 22.9 Å². The van der Waals surface area contributed by atoms with Gasteiger partial charge in [0.2, 0.25) is 0 Å². The highest BCUT2D eigenvalue weighted by molar-refractivity contribution is 7.20. The molecule has 6 rings (SSSR count). The van der Waals surface area contributed by atoms with E-state index < -0.39 is 0 Å². The van der Waals surface area contributed by atoms with E-state index >= 15 is 0 Å². The number of hydrogen-bond donors (Lipinski definition) is 2. The van der Waals surface area contributed by atoms with Crippen LogP contribution in [-0.4, -0.2) is 11.2 Å². The SMILES string of the molecule is Cc1ccc(N=Nc2sc(N)c(C#N)c2[C@H]2CC[C@H]3[C@@H]4CC=C5C[C@@H](O)CC[C@]5(C)[C@H]4CC[C@]23C)cc1. The van der Waals surface area contributed by atoms with Crippen LogP contribution in [0.2, 0.25) is 0 Å². The van der Waals surface area contributed by atoms with Gasteiger partial charge in [-0.15, -0.1) is 10.2 Å². The van der Waals surface area contributed by atoms with Crippen molar-refractivity contribution in [2.45, 2.75) is 84.2 Å². The summed E-state index contributed by atoms with van der Waals surface area (Å²) in [4.78, 5) is 0. The third-order valence-electron chi connectivity index (χ3n) is 10.8. The first-order chi connectivity index (χ1) is 17.7. The highest BCUT2D eigenvalue weighted by Crippen LogP contribution is 2.69. The number of aryl methyl sites for hydroxylation is 1. The first-order valence-electron chi connectivity index (χ1n) is 13.9. The number of benzene rings is 1. The molecule has 0 radical (unpaired) electrons. The van der Waals surface area contributed by atoms with E-state index in [0.717, 1.165) is 48.4 Å². The highest BCUT2D eigenvalue weighted by Gasteiger charge is 2.59. The number of hydrogen-bond acceptors (Lipinski definition) is 6. The number of nitriles is 1. The fourth-order valence-corrected chi connectivity index (χ4v) is 9.70. The van der Waals surface area contributed by atoms with Gasteiger partial charge in [0.1, 0.15) is 16.1 Å². The Morgan fingerprint density at radius 3 is 2.59 bits per heavy atom. The zero-order valence-corrected chi connectivity index (χ0v) is 23.0. The fraction of sp³-hybridized carbons (Fsp3) is 0.581. The quantitative estimate of drug-likeness (QED) is 0.318. The van der Waals surface area contributed by atoms with Gasteiger partial charge in [-0.05, 0) is 105 Å². The van der Waals surface area contributed by atoms with Crippen LogP contribution < -0.4 is 5.73 Å². The van der Waals surface area contributed by atoms with Crippen molar-refractivity contribution in [1.82, 2.24) is 0 Å². The Balaban J connectivity index is 1.34. The maximum absolute atomic E-state index is 10.3. The van der Waals surface area contributed by atoms with E-state index in [2.05, 4.69) is 43.1 Å². The molecule has 2 aromatic rings. The molecule has 1 aromatic heterocycles. The van der Waals surface area contributed by atoms with Crippen molar-refractivity contribution < 1.29 is 5.11 Å². The van der Waals surface area contributed by atoms with Gasteiger partial charge in [0.25, 0.3) is 0 Å². The Morgan fingerprint density at radius 2 is 1.84 bits per heavy atom. The second-order valence-electron chi connectivity index (χ2n) is 12.5. The van der Waals surface area contributed by atoms with Gasteiger partial charge >= 0.3 is 0 Å². The number of allylic oxidation sites excluding steroid dienone is 1. The third kappa shape index (κ3) is 3.89. The average molecular weight is 515 g/mol. The minimum Gasteiger partial charge on any atom is -0.393 e. The number of aliphatic hydroxyl groups is 1. The van der Waals surface area contributed by atoms with Gasteiger partial charge in [0, 0.05) is 5.56 Å². The van der Waals surface area contributed by atoms with E-state index in [4.69, 9.17) is 5.73 Å². The minimum atomic E-state index is -0.165. The van der Waals surface area contributed by atoms with Crippen LogP contribution in [0.25, 0.3) is 0 Å². The normalized spacial score (nSPS) is 36.9. The third-order valence-corrected chi connectivity index (χ3v) is 11.7. The van der Waals surface area contributed by atoms with Gasteiger partial charge in [-0.2, -0.15) is 5.26 Å². The van der Waals surface area contributed by atoms with Gasteiger partial charge in [0.15, 0.2) is 0 Å². The molecule has 0 aliphatic heterocycles. The number of thiophene rings is 1. The largest absolute Gasteiger partial charge is 0.393 e. The molecule has 0 amide bonds. The Labute approximate surface area is 224 Å². The molecule has 0 spiro atoms. The first kappa shape index (κ1) is 24.8. The lowest BCUT2D eigenvalue weighted by molar-refractivity contribution is -0.0408. The fourth-order valence-electron chi connectivity index (χ4n) is 8.79. The molecule has 3 N–H and O–H groups in total. The lowest BCUT2D eigenvalue weighted by Gasteiger charge is -2.58. The molecule has 0 saturated heterocycles. The summed E-state index contributed by atoms with van der Waals surface area (Å²) < 4.78 is 0.